The number of methoxy groups -OCH3 is 1. The third kappa shape index (κ3) is 1.98. The Bertz CT molecular complexity index is 2730. The van der Waals surface area contributed by atoms with Crippen molar-refractivity contribution in [2.24, 2.45) is 23.7 Å². The van der Waals surface area contributed by atoms with E-state index in [1.807, 2.05) is 88.7 Å². The van der Waals surface area contributed by atoms with Crippen molar-refractivity contribution in [1.82, 2.24) is 0 Å². The highest BCUT2D eigenvalue weighted by atomic mass is 32.1. The first-order valence-electron chi connectivity index (χ1n) is 22.0. The number of allylic oxidation sites excluding steroid dienone is 2. The van der Waals surface area contributed by atoms with E-state index in [0.29, 0.717) is 12.3 Å². The van der Waals surface area contributed by atoms with Crippen molar-refractivity contribution in [3.05, 3.63) is 90.2 Å². The van der Waals surface area contributed by atoms with Crippen molar-refractivity contribution in [2.45, 2.75) is 134 Å². The van der Waals surface area contributed by atoms with E-state index >= 15 is 0 Å². The monoisotopic (exact) mass is 706 g/mol. The third-order valence-electron chi connectivity index (χ3n) is 21.2. The van der Waals surface area contributed by atoms with Gasteiger partial charge in [-0.1, -0.05) is 18.2 Å². The van der Waals surface area contributed by atoms with E-state index in [1.54, 1.807) is 12.0 Å². The lowest BCUT2D eigenvalue weighted by molar-refractivity contribution is -0.140. The Balaban J connectivity index is 1.11. The second kappa shape index (κ2) is 7.40. The molecule has 18 rings (SSSR count). The van der Waals surface area contributed by atoms with E-state index in [2.05, 4.69) is 41.0 Å². The smallest absolute Gasteiger partial charge is 0.305 e. The van der Waals surface area contributed by atoms with Crippen LogP contribution in [0.5, 0.6) is 0 Å². The van der Waals surface area contributed by atoms with Crippen molar-refractivity contribution in [2.75, 3.05) is 7.11 Å². The molecule has 0 radical (unpaired) electrons. The van der Waals surface area contributed by atoms with Crippen LogP contribution in [0, 0.1) is 23.7 Å². The quantitative estimate of drug-likeness (QED) is 0.134. The maximum absolute atomic E-state index is 12.9. The normalized spacial score (nSPS) is 47.2. The number of carbonyl (C=O) groups excluding carboxylic acids is 1. The predicted molar refractivity (Wildman–Crippen MR) is 206 cm³/mol. The van der Waals surface area contributed by atoms with Gasteiger partial charge in [0.15, 0.2) is 0 Å². The molecule has 2 fully saturated rings. The number of hydrogen-bond donors (Lipinski definition) is 0. The van der Waals surface area contributed by atoms with Gasteiger partial charge in [-0.25, -0.2) is 0 Å². The Morgan fingerprint density at radius 1 is 0.660 bits per heavy atom. The largest absolute Gasteiger partial charge is 0.469 e. The second-order valence-corrected chi connectivity index (χ2v) is 21.9. The summed E-state index contributed by atoms with van der Waals surface area (Å²) in [6.07, 6.45) is 19.7. The molecule has 15 atom stereocenters. The number of rotatable bonds is 5. The molecule has 0 saturated heterocycles. The van der Waals surface area contributed by atoms with Crippen LogP contribution < -0.4 is 0 Å². The molecule has 2 spiro atoms. The van der Waals surface area contributed by atoms with Gasteiger partial charge in [0.05, 0.1) is 7.11 Å². The van der Waals surface area contributed by atoms with Crippen LogP contribution in [0.15, 0.2) is 29.7 Å². The number of carbonyl (C=O) groups is 1. The summed E-state index contributed by atoms with van der Waals surface area (Å²) in [5.74, 6) is 8.83. The third-order valence-corrected chi connectivity index (χ3v) is 22.2. The number of benzene rings is 3. The highest BCUT2D eigenvalue weighted by Crippen LogP contribution is 2.99. The zero-order valence-electron chi connectivity index (χ0n) is 30.3. The van der Waals surface area contributed by atoms with Crippen LogP contribution in [0.3, 0.4) is 0 Å². The first-order valence-corrected chi connectivity index (χ1v) is 22.9. The van der Waals surface area contributed by atoms with Gasteiger partial charge < -0.3 is 4.74 Å². The minimum atomic E-state index is -0.0165. The Labute approximate surface area is 313 Å². The molecule has 15 unspecified atom stereocenters. The van der Waals surface area contributed by atoms with Crippen LogP contribution in [-0.2, 0) is 25.8 Å². The molecule has 2 saturated carbocycles. The highest BCUT2D eigenvalue weighted by molar-refractivity contribution is 7.10. The molecule has 260 valence electrons. The van der Waals surface area contributed by atoms with Gasteiger partial charge in [0.1, 0.15) is 0 Å². The zero-order valence-corrected chi connectivity index (χ0v) is 31.1. The Morgan fingerprint density at radius 2 is 1.26 bits per heavy atom. The molecule has 3 heteroatoms. The molecule has 0 amide bonds. The molecule has 2 nitrogen and oxygen atoms in total. The van der Waals surface area contributed by atoms with Gasteiger partial charge in [-0.3, -0.25) is 4.79 Å². The molecule has 53 heavy (non-hydrogen) atoms. The topological polar surface area (TPSA) is 26.3 Å². The van der Waals surface area contributed by atoms with Crippen molar-refractivity contribution < 1.29 is 9.53 Å². The summed E-state index contributed by atoms with van der Waals surface area (Å²) in [7, 11) is 1.60. The van der Waals surface area contributed by atoms with E-state index in [-0.39, 0.29) is 22.2 Å². The number of fused-ring (bicyclic) bond motifs is 5. The van der Waals surface area contributed by atoms with Gasteiger partial charge >= 0.3 is 5.97 Å². The molecular weight excluding hydrogens is 665 g/mol. The summed E-state index contributed by atoms with van der Waals surface area (Å²) < 4.78 is 5.35. The van der Waals surface area contributed by atoms with Crippen molar-refractivity contribution in [3.8, 4) is 22.3 Å². The molecule has 0 aliphatic heterocycles. The van der Waals surface area contributed by atoms with Crippen LogP contribution in [-0.4, -0.2) is 13.1 Å². The maximum atomic E-state index is 12.9. The first-order chi connectivity index (χ1) is 26.2. The Morgan fingerprint density at radius 3 is 1.94 bits per heavy atom. The molecule has 3 aromatic carbocycles. The zero-order chi connectivity index (χ0) is 33.5. The maximum Gasteiger partial charge on any atom is 0.305 e. The lowest BCUT2D eigenvalue weighted by Gasteiger charge is -2.43. The van der Waals surface area contributed by atoms with E-state index in [9.17, 15) is 4.79 Å². The summed E-state index contributed by atoms with van der Waals surface area (Å²) in [4.78, 5) is 14.6. The van der Waals surface area contributed by atoms with Gasteiger partial charge in [-0.2, -0.15) is 0 Å². The van der Waals surface area contributed by atoms with Crippen molar-refractivity contribution in [1.29, 1.82) is 0 Å². The SMILES string of the molecule is COC(=O)CCCC1(c2cccs2)C23c4c5c6c7c8c4C4CCC8C8C=CC9C%10CCC%11c%12c%10c(c-6c6c-5c5c%10c(c%126)C%11CCC%10C(CCC42)C513)C9C78. The average molecular weight is 707 g/mol. The first kappa shape index (κ1) is 26.6. The van der Waals surface area contributed by atoms with Crippen molar-refractivity contribution in [3.63, 3.8) is 0 Å². The van der Waals surface area contributed by atoms with Crippen molar-refractivity contribution >= 4 is 28.1 Å². The molecule has 14 aliphatic carbocycles. The summed E-state index contributed by atoms with van der Waals surface area (Å²) >= 11 is 2.09. The van der Waals surface area contributed by atoms with E-state index in [0.717, 1.165) is 77.9 Å². The van der Waals surface area contributed by atoms with Gasteiger partial charge in [0.25, 0.3) is 0 Å². The van der Waals surface area contributed by atoms with E-state index in [1.165, 1.54) is 51.4 Å². The van der Waals surface area contributed by atoms with Crippen LogP contribution in [0.2, 0.25) is 0 Å². The lowest BCUT2D eigenvalue weighted by atomic mass is 9.59. The fraction of sp³-hybridized carbons (Fsp3) is 0.540. The van der Waals surface area contributed by atoms with Crippen LogP contribution in [0.4, 0.5) is 0 Å². The van der Waals surface area contributed by atoms with E-state index < -0.39 is 0 Å². The number of ether oxygens (including phenoxy) is 1. The number of thiophene rings is 1. The fourth-order valence-corrected chi connectivity index (χ4v) is 22.4. The Hall–Kier alpha value is -3.17. The average Bonchev–Trinajstić information content (AvgIpc) is 3.96. The van der Waals surface area contributed by atoms with E-state index in [4.69, 9.17) is 4.74 Å². The summed E-state index contributed by atoms with van der Waals surface area (Å²) in [5, 5.41) is 6.10. The minimum absolute atomic E-state index is 0.0165. The molecule has 1 heterocycles. The molecule has 4 aromatic rings. The lowest BCUT2D eigenvalue weighted by Crippen LogP contribution is -2.39. The van der Waals surface area contributed by atoms with Crippen LogP contribution >= 0.6 is 11.3 Å². The second-order valence-electron chi connectivity index (χ2n) is 21.0. The number of esters is 1. The molecule has 1 aromatic heterocycles. The van der Waals surface area contributed by atoms with Crippen LogP contribution in [0.1, 0.15) is 178 Å². The van der Waals surface area contributed by atoms with Gasteiger partial charge in [0, 0.05) is 27.5 Å². The highest BCUT2D eigenvalue weighted by Gasteiger charge is 2.98. The van der Waals surface area contributed by atoms with Crippen LogP contribution in [0.25, 0.3) is 33.0 Å². The molecule has 0 N–H and O–H groups in total. The fourth-order valence-electron chi connectivity index (χ4n) is 21.3. The summed E-state index contributed by atoms with van der Waals surface area (Å²) in [6.45, 7) is 0. The molecular formula is C50H42O2S. The summed E-state index contributed by atoms with van der Waals surface area (Å²) in [5.41, 5.74) is 27.3. The standard InChI is InChI=1S/C50H42O2S/c1-52-29(51)5-2-16-48(28-4-3-17-53-28)49-26-14-15-27-25-13-11-23-21-9-7-19-18-6-8-20-22-10-12-24(26)36-34(22)39-32(20)30(18)38-31(19)33(21)40-35(23)37(25)47(50(27,48)49)45-43(40)41(38)42(39)44(45)46(36)49/h3-4,6,8,17-27,30,32H,2,5,7,9-16H2,1H3. The predicted octanol–water partition coefficient (Wildman–Crippen LogP) is 11.3. The van der Waals surface area contributed by atoms with Gasteiger partial charge in [0.2, 0.25) is 0 Å². The molecule has 14 aliphatic rings. The van der Waals surface area contributed by atoms with Gasteiger partial charge in [-0.05, 0) is 235 Å². The van der Waals surface area contributed by atoms with Gasteiger partial charge in [-0.15, -0.1) is 11.3 Å². The molecule has 0 bridgehead atoms. The summed E-state index contributed by atoms with van der Waals surface area (Å²) in [6, 6.07) is 4.99. The number of hydrogen-bond acceptors (Lipinski definition) is 3. The Kier molecular flexibility index (Phi) is 3.72. The minimum Gasteiger partial charge on any atom is -0.469 e.